The smallest absolute Gasteiger partial charge is 0.254 e. The average molecular weight is 253 g/mol. The zero-order chi connectivity index (χ0) is 13.7. The van der Waals surface area contributed by atoms with Gasteiger partial charge in [0.25, 0.3) is 5.91 Å². The number of anilines is 1. The summed E-state index contributed by atoms with van der Waals surface area (Å²) in [5.74, 6) is -1.68. The Bertz CT molecular complexity index is 463. The molecular formula is C12H16FN3O2. The van der Waals surface area contributed by atoms with E-state index in [1.165, 1.54) is 19.1 Å². The lowest BCUT2D eigenvalue weighted by Gasteiger charge is -2.13. The standard InChI is InChI=1S/C12H16FN3O2/c1-3-15-11(17)7(2)16-12(18)9-5-4-8(14)6-10(9)13/h4-7H,3,14H2,1-2H3,(H,15,17)(H,16,18). The molecule has 0 aliphatic heterocycles. The van der Waals surface area contributed by atoms with Gasteiger partial charge in [-0.15, -0.1) is 0 Å². The Morgan fingerprint density at radius 2 is 2.11 bits per heavy atom. The van der Waals surface area contributed by atoms with Crippen LogP contribution in [0.3, 0.4) is 0 Å². The zero-order valence-electron chi connectivity index (χ0n) is 10.3. The van der Waals surface area contributed by atoms with E-state index >= 15 is 0 Å². The molecule has 98 valence electrons. The molecule has 0 radical (unpaired) electrons. The second-order valence-electron chi connectivity index (χ2n) is 3.83. The quantitative estimate of drug-likeness (QED) is 0.689. The first-order valence-corrected chi connectivity index (χ1v) is 5.59. The topological polar surface area (TPSA) is 84.2 Å². The summed E-state index contributed by atoms with van der Waals surface area (Å²) >= 11 is 0. The molecular weight excluding hydrogens is 237 g/mol. The van der Waals surface area contributed by atoms with E-state index in [-0.39, 0.29) is 17.2 Å². The van der Waals surface area contributed by atoms with Crippen molar-refractivity contribution in [3.8, 4) is 0 Å². The Balaban J connectivity index is 2.73. The fourth-order valence-corrected chi connectivity index (χ4v) is 1.38. The molecule has 1 atom stereocenters. The van der Waals surface area contributed by atoms with E-state index < -0.39 is 17.8 Å². The van der Waals surface area contributed by atoms with Crippen LogP contribution in [-0.2, 0) is 4.79 Å². The van der Waals surface area contributed by atoms with Crippen molar-refractivity contribution in [2.75, 3.05) is 12.3 Å². The van der Waals surface area contributed by atoms with Gasteiger partial charge in [-0.2, -0.15) is 0 Å². The highest BCUT2D eigenvalue weighted by molar-refractivity contribution is 5.97. The molecule has 0 aliphatic carbocycles. The van der Waals surface area contributed by atoms with Crippen molar-refractivity contribution in [3.05, 3.63) is 29.6 Å². The summed E-state index contributed by atoms with van der Waals surface area (Å²) in [7, 11) is 0. The lowest BCUT2D eigenvalue weighted by Crippen LogP contribution is -2.44. The third kappa shape index (κ3) is 3.44. The number of halogens is 1. The van der Waals surface area contributed by atoms with Crippen LogP contribution in [0, 0.1) is 5.82 Å². The molecule has 18 heavy (non-hydrogen) atoms. The van der Waals surface area contributed by atoms with E-state index in [1.54, 1.807) is 6.92 Å². The molecule has 6 heteroatoms. The maximum Gasteiger partial charge on any atom is 0.254 e. The monoisotopic (exact) mass is 253 g/mol. The number of hydrogen-bond acceptors (Lipinski definition) is 3. The number of nitrogens with one attached hydrogen (secondary N) is 2. The maximum absolute atomic E-state index is 13.5. The number of rotatable bonds is 4. The minimum Gasteiger partial charge on any atom is -0.399 e. The third-order valence-electron chi connectivity index (χ3n) is 2.33. The van der Waals surface area contributed by atoms with Crippen molar-refractivity contribution in [1.29, 1.82) is 0 Å². The van der Waals surface area contributed by atoms with Gasteiger partial charge in [0.05, 0.1) is 5.56 Å². The predicted octanol–water partition coefficient (Wildman–Crippen LogP) is 0.662. The largest absolute Gasteiger partial charge is 0.399 e. The van der Waals surface area contributed by atoms with Crippen molar-refractivity contribution in [2.45, 2.75) is 19.9 Å². The number of nitrogens with two attached hydrogens (primary N) is 1. The lowest BCUT2D eigenvalue weighted by atomic mass is 10.1. The highest BCUT2D eigenvalue weighted by Crippen LogP contribution is 2.11. The summed E-state index contributed by atoms with van der Waals surface area (Å²) in [6.45, 7) is 3.76. The highest BCUT2D eigenvalue weighted by atomic mass is 19.1. The molecule has 0 aromatic heterocycles. The first-order valence-electron chi connectivity index (χ1n) is 5.59. The Morgan fingerprint density at radius 1 is 1.44 bits per heavy atom. The first kappa shape index (κ1) is 14.0. The zero-order valence-corrected chi connectivity index (χ0v) is 10.3. The Kier molecular flexibility index (Phi) is 4.65. The number of carbonyl (C=O) groups excluding carboxylic acids is 2. The molecule has 1 aromatic rings. The second kappa shape index (κ2) is 6.00. The van der Waals surface area contributed by atoms with Gasteiger partial charge in [0.1, 0.15) is 11.9 Å². The number of nitrogen functional groups attached to an aromatic ring is 1. The molecule has 0 bridgehead atoms. The van der Waals surface area contributed by atoms with Crippen LogP contribution < -0.4 is 16.4 Å². The average Bonchev–Trinajstić information content (AvgIpc) is 2.28. The summed E-state index contributed by atoms with van der Waals surface area (Å²) in [6.07, 6.45) is 0. The molecule has 1 rings (SSSR count). The van der Waals surface area contributed by atoms with E-state index in [0.29, 0.717) is 6.54 Å². The van der Waals surface area contributed by atoms with Gasteiger partial charge in [-0.1, -0.05) is 0 Å². The van der Waals surface area contributed by atoms with E-state index in [0.717, 1.165) is 6.07 Å². The van der Waals surface area contributed by atoms with Gasteiger partial charge in [-0.05, 0) is 32.0 Å². The van der Waals surface area contributed by atoms with Crippen LogP contribution in [0.25, 0.3) is 0 Å². The van der Waals surface area contributed by atoms with Gasteiger partial charge < -0.3 is 16.4 Å². The van der Waals surface area contributed by atoms with E-state index in [9.17, 15) is 14.0 Å². The molecule has 0 heterocycles. The maximum atomic E-state index is 13.5. The van der Waals surface area contributed by atoms with Crippen LogP contribution in [0.1, 0.15) is 24.2 Å². The number of amides is 2. The molecule has 1 unspecified atom stereocenters. The summed E-state index contributed by atoms with van der Waals surface area (Å²) in [6, 6.07) is 3.04. The van der Waals surface area contributed by atoms with E-state index in [1.807, 2.05) is 0 Å². The lowest BCUT2D eigenvalue weighted by molar-refractivity contribution is -0.122. The fraction of sp³-hybridized carbons (Fsp3) is 0.333. The molecule has 4 N–H and O–H groups in total. The van der Waals surface area contributed by atoms with Gasteiger partial charge in [-0.3, -0.25) is 9.59 Å². The predicted molar refractivity (Wildman–Crippen MR) is 66.4 cm³/mol. The van der Waals surface area contributed by atoms with Crippen LogP contribution >= 0.6 is 0 Å². The minimum atomic E-state index is -0.727. The number of carbonyl (C=O) groups is 2. The summed E-state index contributed by atoms with van der Waals surface area (Å²) in [5, 5.41) is 4.97. The highest BCUT2D eigenvalue weighted by Gasteiger charge is 2.18. The molecule has 0 fully saturated rings. The molecule has 0 aliphatic rings. The molecule has 1 aromatic carbocycles. The Hall–Kier alpha value is -2.11. The minimum absolute atomic E-state index is 0.139. The molecule has 0 saturated carbocycles. The molecule has 0 spiro atoms. The van der Waals surface area contributed by atoms with E-state index in [2.05, 4.69) is 10.6 Å². The van der Waals surface area contributed by atoms with Gasteiger partial charge >= 0.3 is 0 Å². The van der Waals surface area contributed by atoms with Crippen molar-refractivity contribution in [3.63, 3.8) is 0 Å². The summed E-state index contributed by atoms with van der Waals surface area (Å²) in [4.78, 5) is 23.1. The fourth-order valence-electron chi connectivity index (χ4n) is 1.38. The summed E-state index contributed by atoms with van der Waals surface area (Å²) < 4.78 is 13.5. The van der Waals surface area contributed by atoms with Crippen molar-refractivity contribution in [1.82, 2.24) is 10.6 Å². The van der Waals surface area contributed by atoms with Crippen LogP contribution in [-0.4, -0.2) is 24.4 Å². The number of hydrogen-bond donors (Lipinski definition) is 3. The van der Waals surface area contributed by atoms with Gasteiger partial charge in [0.15, 0.2) is 0 Å². The Morgan fingerprint density at radius 3 is 2.67 bits per heavy atom. The van der Waals surface area contributed by atoms with Crippen LogP contribution in [0.5, 0.6) is 0 Å². The van der Waals surface area contributed by atoms with Crippen molar-refractivity contribution in [2.24, 2.45) is 0 Å². The van der Waals surface area contributed by atoms with E-state index in [4.69, 9.17) is 5.73 Å². The Labute approximate surface area is 105 Å². The van der Waals surface area contributed by atoms with Crippen LogP contribution in [0.15, 0.2) is 18.2 Å². The van der Waals surface area contributed by atoms with Crippen molar-refractivity contribution >= 4 is 17.5 Å². The molecule has 5 nitrogen and oxygen atoms in total. The normalized spacial score (nSPS) is 11.7. The number of benzene rings is 1. The first-order chi connectivity index (χ1) is 8.45. The van der Waals surface area contributed by atoms with Gasteiger partial charge in [-0.25, -0.2) is 4.39 Å². The molecule has 2 amide bonds. The van der Waals surface area contributed by atoms with Crippen LogP contribution in [0.2, 0.25) is 0 Å². The second-order valence-corrected chi connectivity index (χ2v) is 3.83. The van der Waals surface area contributed by atoms with Crippen LogP contribution in [0.4, 0.5) is 10.1 Å². The van der Waals surface area contributed by atoms with Crippen molar-refractivity contribution < 1.29 is 14.0 Å². The SMILES string of the molecule is CCNC(=O)C(C)NC(=O)c1ccc(N)cc1F. The number of likely N-dealkylation sites (N-methyl/N-ethyl adjacent to an activating group) is 1. The van der Waals surface area contributed by atoms with Gasteiger partial charge in [0, 0.05) is 12.2 Å². The summed E-state index contributed by atoms with van der Waals surface area (Å²) in [5.41, 5.74) is 5.48. The molecule has 0 saturated heterocycles. The van der Waals surface area contributed by atoms with Gasteiger partial charge in [0.2, 0.25) is 5.91 Å². The third-order valence-corrected chi connectivity index (χ3v) is 2.33.